The zero-order chi connectivity index (χ0) is 17.9. The Morgan fingerprint density at radius 2 is 1.96 bits per heavy atom. The van der Waals surface area contributed by atoms with Gasteiger partial charge in [0, 0.05) is 26.3 Å². The SMILES string of the molecule is CC(C)[C@@H]1C=CCN1C(=O)Nc1cccc(NS(=O)(=O)N(C)C)c1. The molecule has 1 aromatic rings. The molecule has 0 unspecified atom stereocenters. The number of carbonyl (C=O) groups excluding carboxylic acids is 1. The normalized spacial score (nSPS) is 17.6. The first-order chi connectivity index (χ1) is 11.2. The van der Waals surface area contributed by atoms with E-state index in [2.05, 4.69) is 23.9 Å². The largest absolute Gasteiger partial charge is 0.322 e. The predicted octanol–water partition coefficient (Wildman–Crippen LogP) is 2.33. The van der Waals surface area contributed by atoms with Gasteiger partial charge in [-0.15, -0.1) is 0 Å². The smallest absolute Gasteiger partial charge is 0.314 e. The van der Waals surface area contributed by atoms with Crippen molar-refractivity contribution in [1.29, 1.82) is 0 Å². The van der Waals surface area contributed by atoms with E-state index < -0.39 is 10.2 Å². The van der Waals surface area contributed by atoms with E-state index in [1.165, 1.54) is 14.1 Å². The number of nitrogens with one attached hydrogen (secondary N) is 2. The lowest BCUT2D eigenvalue weighted by molar-refractivity contribution is 0.199. The van der Waals surface area contributed by atoms with Crippen molar-refractivity contribution in [2.24, 2.45) is 5.92 Å². The molecule has 0 spiro atoms. The maximum atomic E-state index is 12.5. The molecule has 1 aliphatic rings. The topological polar surface area (TPSA) is 81.8 Å². The number of carbonyl (C=O) groups is 1. The molecule has 0 radical (unpaired) electrons. The van der Waals surface area contributed by atoms with Crippen molar-refractivity contribution in [3.63, 3.8) is 0 Å². The van der Waals surface area contributed by atoms with Gasteiger partial charge < -0.3 is 10.2 Å². The van der Waals surface area contributed by atoms with Gasteiger partial charge in [-0.05, 0) is 24.1 Å². The summed E-state index contributed by atoms with van der Waals surface area (Å²) in [6.07, 6.45) is 4.01. The van der Waals surface area contributed by atoms with E-state index in [1.807, 2.05) is 12.2 Å². The second-order valence-electron chi connectivity index (χ2n) is 6.22. The minimum Gasteiger partial charge on any atom is -0.314 e. The highest BCUT2D eigenvalue weighted by molar-refractivity contribution is 7.90. The summed E-state index contributed by atoms with van der Waals surface area (Å²) in [6, 6.07) is 6.49. The van der Waals surface area contributed by atoms with Crippen LogP contribution in [0.5, 0.6) is 0 Å². The summed E-state index contributed by atoms with van der Waals surface area (Å²) in [7, 11) is -0.692. The average Bonchev–Trinajstić information content (AvgIpc) is 2.96. The first-order valence-corrected chi connectivity index (χ1v) is 9.19. The Hall–Kier alpha value is -2.06. The maximum absolute atomic E-state index is 12.5. The van der Waals surface area contributed by atoms with E-state index in [-0.39, 0.29) is 12.1 Å². The summed E-state index contributed by atoms with van der Waals surface area (Å²) in [4.78, 5) is 14.2. The summed E-state index contributed by atoms with van der Waals surface area (Å²) in [5, 5.41) is 2.82. The van der Waals surface area contributed by atoms with Gasteiger partial charge in [0.15, 0.2) is 0 Å². The number of benzene rings is 1. The van der Waals surface area contributed by atoms with Crippen molar-refractivity contribution >= 4 is 27.6 Å². The second kappa shape index (κ2) is 7.23. The molecule has 2 amide bonds. The Balaban J connectivity index is 2.08. The fourth-order valence-corrected chi connectivity index (χ4v) is 3.04. The third-order valence-electron chi connectivity index (χ3n) is 3.78. The van der Waals surface area contributed by atoms with Gasteiger partial charge in [-0.2, -0.15) is 12.7 Å². The van der Waals surface area contributed by atoms with Gasteiger partial charge in [0.25, 0.3) is 0 Å². The zero-order valence-electron chi connectivity index (χ0n) is 14.4. The highest BCUT2D eigenvalue weighted by atomic mass is 32.2. The molecular weight excluding hydrogens is 328 g/mol. The van der Waals surface area contributed by atoms with E-state index in [1.54, 1.807) is 29.2 Å². The molecule has 0 fully saturated rings. The third-order valence-corrected chi connectivity index (χ3v) is 5.24. The summed E-state index contributed by atoms with van der Waals surface area (Å²) in [5.74, 6) is 0.327. The molecule has 8 heteroatoms. The van der Waals surface area contributed by atoms with Crippen LogP contribution in [0.3, 0.4) is 0 Å². The van der Waals surface area contributed by atoms with Gasteiger partial charge in [-0.1, -0.05) is 32.1 Å². The van der Waals surface area contributed by atoms with Crippen molar-refractivity contribution in [2.75, 3.05) is 30.7 Å². The van der Waals surface area contributed by atoms with Crippen molar-refractivity contribution in [2.45, 2.75) is 19.9 Å². The van der Waals surface area contributed by atoms with E-state index in [4.69, 9.17) is 0 Å². The van der Waals surface area contributed by atoms with Gasteiger partial charge in [0.05, 0.1) is 11.7 Å². The number of nitrogens with zero attached hydrogens (tertiary/aromatic N) is 2. The Morgan fingerprint density at radius 1 is 1.29 bits per heavy atom. The summed E-state index contributed by atoms with van der Waals surface area (Å²) < 4.78 is 27.3. The minimum atomic E-state index is -3.58. The first kappa shape index (κ1) is 18.3. The van der Waals surface area contributed by atoms with Crippen LogP contribution in [-0.4, -0.2) is 50.3 Å². The van der Waals surface area contributed by atoms with Gasteiger partial charge >= 0.3 is 16.2 Å². The Labute approximate surface area is 143 Å². The number of hydrogen-bond donors (Lipinski definition) is 2. The Kier molecular flexibility index (Phi) is 5.51. The first-order valence-electron chi connectivity index (χ1n) is 7.75. The van der Waals surface area contributed by atoms with Crippen molar-refractivity contribution in [3.05, 3.63) is 36.4 Å². The third kappa shape index (κ3) is 4.27. The van der Waals surface area contributed by atoms with Gasteiger partial charge in [-0.3, -0.25) is 4.72 Å². The van der Waals surface area contributed by atoms with Crippen LogP contribution in [0.25, 0.3) is 0 Å². The predicted molar refractivity (Wildman–Crippen MR) is 96.2 cm³/mol. The van der Waals surface area contributed by atoms with Gasteiger partial charge in [0.1, 0.15) is 0 Å². The zero-order valence-corrected chi connectivity index (χ0v) is 15.2. The van der Waals surface area contributed by atoms with Crippen LogP contribution in [0.4, 0.5) is 16.2 Å². The molecule has 1 heterocycles. The van der Waals surface area contributed by atoms with Crippen LogP contribution in [-0.2, 0) is 10.2 Å². The van der Waals surface area contributed by atoms with E-state index in [0.29, 0.717) is 23.8 Å². The van der Waals surface area contributed by atoms with Crippen LogP contribution >= 0.6 is 0 Å². The molecule has 1 aromatic carbocycles. The molecule has 132 valence electrons. The van der Waals surface area contributed by atoms with Gasteiger partial charge in [0.2, 0.25) is 0 Å². The molecule has 0 aliphatic carbocycles. The van der Waals surface area contributed by atoms with E-state index in [0.717, 1.165) is 4.31 Å². The van der Waals surface area contributed by atoms with Crippen LogP contribution in [0, 0.1) is 5.92 Å². The van der Waals surface area contributed by atoms with Crippen LogP contribution in [0.1, 0.15) is 13.8 Å². The average molecular weight is 352 g/mol. The minimum absolute atomic E-state index is 0.0698. The second-order valence-corrected chi connectivity index (χ2v) is 8.10. The highest BCUT2D eigenvalue weighted by Crippen LogP contribution is 2.21. The lowest BCUT2D eigenvalue weighted by Gasteiger charge is -2.27. The molecule has 0 saturated heterocycles. The molecular formula is C16H24N4O3S. The number of urea groups is 1. The summed E-state index contributed by atoms with van der Waals surface area (Å²) in [6.45, 7) is 4.70. The monoisotopic (exact) mass is 352 g/mol. The van der Waals surface area contributed by atoms with Crippen LogP contribution in [0.2, 0.25) is 0 Å². The Morgan fingerprint density at radius 3 is 2.58 bits per heavy atom. The molecule has 24 heavy (non-hydrogen) atoms. The van der Waals surface area contributed by atoms with Gasteiger partial charge in [-0.25, -0.2) is 4.79 Å². The standard InChI is InChI=1S/C16H24N4O3S/c1-12(2)15-9-6-10-20(15)16(21)17-13-7-5-8-14(11-13)18-24(22,23)19(3)4/h5-9,11-12,15,18H,10H2,1-4H3,(H,17,21)/t15-/m0/s1. The molecule has 0 bridgehead atoms. The Bertz CT molecular complexity index is 729. The van der Waals surface area contributed by atoms with Crippen molar-refractivity contribution < 1.29 is 13.2 Å². The quantitative estimate of drug-likeness (QED) is 0.798. The number of hydrogen-bond acceptors (Lipinski definition) is 3. The van der Waals surface area contributed by atoms with Crippen LogP contribution in [0.15, 0.2) is 36.4 Å². The fraction of sp³-hybridized carbons (Fsp3) is 0.438. The van der Waals surface area contributed by atoms with Crippen molar-refractivity contribution in [1.82, 2.24) is 9.21 Å². The van der Waals surface area contributed by atoms with E-state index in [9.17, 15) is 13.2 Å². The lowest BCUT2D eigenvalue weighted by Crippen LogP contribution is -2.41. The number of anilines is 2. The van der Waals surface area contributed by atoms with Crippen molar-refractivity contribution in [3.8, 4) is 0 Å². The molecule has 0 aromatic heterocycles. The molecule has 7 nitrogen and oxygen atoms in total. The number of amides is 2. The fourth-order valence-electron chi connectivity index (χ4n) is 2.44. The number of rotatable bonds is 5. The summed E-state index contributed by atoms with van der Waals surface area (Å²) >= 11 is 0. The molecule has 2 rings (SSSR count). The molecule has 1 atom stereocenters. The summed E-state index contributed by atoms with van der Waals surface area (Å²) in [5.41, 5.74) is 0.926. The highest BCUT2D eigenvalue weighted by Gasteiger charge is 2.27. The molecule has 0 saturated carbocycles. The maximum Gasteiger partial charge on any atom is 0.322 e. The van der Waals surface area contributed by atoms with E-state index >= 15 is 0 Å². The lowest BCUT2D eigenvalue weighted by atomic mass is 10.1. The molecule has 1 aliphatic heterocycles. The molecule has 2 N–H and O–H groups in total. The van der Waals surface area contributed by atoms with Crippen LogP contribution < -0.4 is 10.0 Å².